The topological polar surface area (TPSA) is 76.8 Å². The normalized spacial score (nSPS) is 13.9. The van der Waals surface area contributed by atoms with Crippen LogP contribution in [-0.2, 0) is 19.4 Å². The fraction of sp³-hybridized carbons (Fsp3) is 0.400. The van der Waals surface area contributed by atoms with E-state index < -0.39 is 5.60 Å². The van der Waals surface area contributed by atoms with Crippen molar-refractivity contribution >= 4 is 17.8 Å². The summed E-state index contributed by atoms with van der Waals surface area (Å²) in [6.45, 7) is 6.47. The number of fused-ring (bicyclic) bond motifs is 1. The number of aryl methyl sites for hydroxylation is 1. The Morgan fingerprint density at radius 1 is 1.23 bits per heavy atom. The van der Waals surface area contributed by atoms with Gasteiger partial charge in [-0.2, -0.15) is 0 Å². The summed E-state index contributed by atoms with van der Waals surface area (Å²) in [7, 11) is 1.72. The first-order valence-corrected chi connectivity index (χ1v) is 10.5. The van der Waals surface area contributed by atoms with Crippen LogP contribution in [0.2, 0.25) is 0 Å². The number of β-amino-alcohol motifs (C(OH)–C–C–N with tert-alkyl or cyclic N) is 1. The third kappa shape index (κ3) is 5.03. The van der Waals surface area contributed by atoms with Gasteiger partial charge < -0.3 is 20.4 Å². The minimum absolute atomic E-state index is 0.00240. The smallest absolute Gasteiger partial charge is 0.254 e. The molecule has 30 heavy (non-hydrogen) atoms. The number of nitrogens with one attached hydrogen (secondary N) is 1. The van der Waals surface area contributed by atoms with Crippen LogP contribution in [0.5, 0.6) is 0 Å². The summed E-state index contributed by atoms with van der Waals surface area (Å²) in [5, 5.41) is 18.2. The van der Waals surface area contributed by atoms with Gasteiger partial charge >= 0.3 is 0 Å². The summed E-state index contributed by atoms with van der Waals surface area (Å²) in [4.78, 5) is 18.5. The summed E-state index contributed by atoms with van der Waals surface area (Å²) in [5.74, 6) is -0.00240. The molecule has 0 bridgehead atoms. The second kappa shape index (κ2) is 8.92. The lowest BCUT2D eigenvalue weighted by Crippen LogP contribution is -2.38. The SMILES string of the molecule is CCc1cc2c(cc1Cc1ccc(C(=N)CC=NC)cc1)C(=O)N(CC(C)(C)O)C2. The van der Waals surface area contributed by atoms with E-state index in [4.69, 9.17) is 5.41 Å². The van der Waals surface area contributed by atoms with Crippen molar-refractivity contribution in [1.82, 2.24) is 4.90 Å². The maximum atomic E-state index is 12.9. The number of hydrogen-bond acceptors (Lipinski definition) is 4. The first kappa shape index (κ1) is 21.9. The Balaban J connectivity index is 1.81. The van der Waals surface area contributed by atoms with Gasteiger partial charge in [0.05, 0.1) is 5.60 Å². The lowest BCUT2D eigenvalue weighted by atomic mass is 9.93. The van der Waals surface area contributed by atoms with Gasteiger partial charge in [-0.25, -0.2) is 0 Å². The van der Waals surface area contributed by atoms with E-state index in [9.17, 15) is 9.90 Å². The molecule has 0 aromatic heterocycles. The van der Waals surface area contributed by atoms with Crippen LogP contribution in [0.3, 0.4) is 0 Å². The average Bonchev–Trinajstić information content (AvgIpc) is 2.99. The van der Waals surface area contributed by atoms with E-state index in [0.29, 0.717) is 25.2 Å². The highest BCUT2D eigenvalue weighted by Gasteiger charge is 2.31. The summed E-state index contributed by atoms with van der Waals surface area (Å²) < 4.78 is 0. The van der Waals surface area contributed by atoms with E-state index >= 15 is 0 Å². The number of carbonyl (C=O) groups excluding carboxylic acids is 1. The monoisotopic (exact) mass is 405 g/mol. The molecule has 2 aromatic rings. The zero-order valence-electron chi connectivity index (χ0n) is 18.3. The van der Waals surface area contributed by atoms with Crippen molar-refractivity contribution in [3.8, 4) is 0 Å². The third-order valence-corrected chi connectivity index (χ3v) is 5.44. The summed E-state index contributed by atoms with van der Waals surface area (Å²) >= 11 is 0. The zero-order valence-corrected chi connectivity index (χ0v) is 18.3. The Labute approximate surface area is 179 Å². The zero-order chi connectivity index (χ0) is 21.9. The molecular formula is C25H31N3O2. The van der Waals surface area contributed by atoms with Crippen LogP contribution >= 0.6 is 0 Å². The van der Waals surface area contributed by atoms with Crippen LogP contribution in [0.15, 0.2) is 41.4 Å². The van der Waals surface area contributed by atoms with E-state index in [-0.39, 0.29) is 5.91 Å². The first-order chi connectivity index (χ1) is 14.2. The van der Waals surface area contributed by atoms with E-state index in [0.717, 1.165) is 40.7 Å². The predicted octanol–water partition coefficient (Wildman–Crippen LogP) is 4.03. The molecular weight excluding hydrogens is 374 g/mol. The molecule has 0 unspecified atom stereocenters. The lowest BCUT2D eigenvalue weighted by molar-refractivity contribution is 0.0314. The minimum atomic E-state index is -0.910. The maximum Gasteiger partial charge on any atom is 0.254 e. The molecule has 5 heteroatoms. The van der Waals surface area contributed by atoms with Crippen molar-refractivity contribution < 1.29 is 9.90 Å². The van der Waals surface area contributed by atoms with Crippen molar-refractivity contribution in [3.05, 3.63) is 69.8 Å². The minimum Gasteiger partial charge on any atom is -0.389 e. The molecule has 1 heterocycles. The Morgan fingerprint density at radius 2 is 1.93 bits per heavy atom. The Hall–Kier alpha value is -2.79. The fourth-order valence-corrected chi connectivity index (χ4v) is 3.95. The second-order valence-electron chi connectivity index (χ2n) is 8.60. The predicted molar refractivity (Wildman–Crippen MR) is 122 cm³/mol. The number of hydrogen-bond donors (Lipinski definition) is 2. The standard InChI is InChI=1S/C25H31N3O2/c1-5-18-13-21-15-28(16-25(2,3)30)24(29)22(21)14-20(18)12-17-6-8-19(9-7-17)23(26)10-11-27-4/h6-9,11,13-14,26,30H,5,10,12,15-16H2,1-4H3. The average molecular weight is 406 g/mol. The van der Waals surface area contributed by atoms with Crippen LogP contribution in [0.4, 0.5) is 0 Å². The number of rotatable bonds is 8. The Kier molecular flexibility index (Phi) is 6.52. The van der Waals surface area contributed by atoms with Crippen LogP contribution in [0.25, 0.3) is 0 Å². The molecule has 0 atom stereocenters. The van der Waals surface area contributed by atoms with Crippen LogP contribution in [0.1, 0.15) is 65.4 Å². The highest BCUT2D eigenvalue weighted by atomic mass is 16.3. The number of aliphatic hydroxyl groups is 1. The first-order valence-electron chi connectivity index (χ1n) is 10.5. The van der Waals surface area contributed by atoms with Crippen molar-refractivity contribution in [2.45, 2.75) is 52.2 Å². The molecule has 1 aliphatic rings. The van der Waals surface area contributed by atoms with Crippen LogP contribution in [0, 0.1) is 5.41 Å². The van der Waals surface area contributed by atoms with Crippen molar-refractivity contribution in [2.75, 3.05) is 13.6 Å². The molecule has 5 nitrogen and oxygen atoms in total. The van der Waals surface area contributed by atoms with Gasteiger partial charge in [0.25, 0.3) is 5.91 Å². The van der Waals surface area contributed by atoms with Crippen LogP contribution in [-0.4, -0.2) is 47.0 Å². The van der Waals surface area contributed by atoms with Gasteiger partial charge in [0.15, 0.2) is 0 Å². The molecule has 0 aliphatic carbocycles. The number of aliphatic imine (C=N–C) groups is 1. The van der Waals surface area contributed by atoms with Crippen molar-refractivity contribution in [1.29, 1.82) is 5.41 Å². The molecule has 1 aliphatic heterocycles. The number of carbonyl (C=O) groups is 1. The molecule has 0 spiro atoms. The van der Waals surface area contributed by atoms with Gasteiger partial charge in [0.1, 0.15) is 0 Å². The molecule has 0 saturated carbocycles. The van der Waals surface area contributed by atoms with Crippen LogP contribution < -0.4 is 0 Å². The highest BCUT2D eigenvalue weighted by Crippen LogP contribution is 2.29. The molecule has 0 saturated heterocycles. The van der Waals surface area contributed by atoms with E-state index in [2.05, 4.69) is 30.1 Å². The molecule has 0 radical (unpaired) electrons. The van der Waals surface area contributed by atoms with Gasteiger partial charge in [-0.15, -0.1) is 0 Å². The van der Waals surface area contributed by atoms with Gasteiger partial charge in [-0.3, -0.25) is 4.79 Å². The second-order valence-corrected chi connectivity index (χ2v) is 8.60. The molecule has 0 fully saturated rings. The number of benzene rings is 2. The van der Waals surface area contributed by atoms with Gasteiger partial charge in [0, 0.05) is 44.0 Å². The summed E-state index contributed by atoms with van der Waals surface area (Å²) in [6, 6.07) is 12.3. The van der Waals surface area contributed by atoms with E-state index in [1.165, 1.54) is 5.56 Å². The Morgan fingerprint density at radius 3 is 2.53 bits per heavy atom. The maximum absolute atomic E-state index is 12.9. The Bertz CT molecular complexity index is 969. The van der Waals surface area contributed by atoms with Crippen molar-refractivity contribution in [3.63, 3.8) is 0 Å². The number of nitrogens with zero attached hydrogens (tertiary/aromatic N) is 2. The molecule has 2 N–H and O–H groups in total. The van der Waals surface area contributed by atoms with Gasteiger partial charge in [0.2, 0.25) is 0 Å². The fourth-order valence-electron chi connectivity index (χ4n) is 3.95. The van der Waals surface area contributed by atoms with E-state index in [1.54, 1.807) is 32.0 Å². The third-order valence-electron chi connectivity index (χ3n) is 5.44. The summed E-state index contributed by atoms with van der Waals surface area (Å²) in [6.07, 6.45) is 3.93. The highest BCUT2D eigenvalue weighted by molar-refractivity contribution is 6.05. The summed E-state index contributed by atoms with van der Waals surface area (Å²) in [5.41, 5.74) is 5.92. The molecule has 2 aromatic carbocycles. The van der Waals surface area contributed by atoms with Gasteiger partial charge in [-0.05, 0) is 60.6 Å². The number of amides is 1. The molecule has 3 rings (SSSR count). The quantitative estimate of drug-likeness (QED) is 0.651. The molecule has 158 valence electrons. The lowest BCUT2D eigenvalue weighted by Gasteiger charge is -2.24. The largest absolute Gasteiger partial charge is 0.389 e. The van der Waals surface area contributed by atoms with Crippen molar-refractivity contribution in [2.24, 2.45) is 4.99 Å². The molecule has 1 amide bonds. The van der Waals surface area contributed by atoms with E-state index in [1.807, 2.05) is 18.2 Å². The van der Waals surface area contributed by atoms with Gasteiger partial charge in [-0.1, -0.05) is 37.3 Å².